The lowest BCUT2D eigenvalue weighted by Crippen LogP contribution is -2.38. The van der Waals surface area contributed by atoms with Crippen LogP contribution in [-0.2, 0) is 10.0 Å². The molecular weight excluding hydrogens is 272 g/mol. The standard InChI is InChI=1S/C15H24N2O2S/c1-20(18,19)16-13-15(14-9-5-4-6-10-14)17-11-7-2-3-8-12-17/h4-6,9-10,15-16H,2-3,7-8,11-13H2,1H3. The lowest BCUT2D eigenvalue weighted by Gasteiger charge is -2.31. The monoisotopic (exact) mass is 296 g/mol. The normalized spacial score (nSPS) is 19.4. The summed E-state index contributed by atoms with van der Waals surface area (Å²) < 4.78 is 25.4. The Hall–Kier alpha value is -0.910. The van der Waals surface area contributed by atoms with Gasteiger partial charge in [-0.2, -0.15) is 0 Å². The van der Waals surface area contributed by atoms with Crippen LogP contribution in [0.15, 0.2) is 30.3 Å². The molecule has 0 aromatic heterocycles. The Bertz CT molecular complexity index is 494. The molecule has 5 heteroatoms. The number of likely N-dealkylation sites (tertiary alicyclic amines) is 1. The van der Waals surface area contributed by atoms with E-state index in [1.807, 2.05) is 18.2 Å². The lowest BCUT2D eigenvalue weighted by molar-refractivity contribution is 0.206. The Morgan fingerprint density at radius 2 is 1.70 bits per heavy atom. The van der Waals surface area contributed by atoms with Crippen LogP contribution >= 0.6 is 0 Å². The van der Waals surface area contributed by atoms with Gasteiger partial charge in [0.15, 0.2) is 0 Å². The van der Waals surface area contributed by atoms with Crippen molar-refractivity contribution >= 4 is 10.0 Å². The highest BCUT2D eigenvalue weighted by Crippen LogP contribution is 2.23. The molecule has 0 saturated carbocycles. The molecule has 1 aliphatic rings. The van der Waals surface area contributed by atoms with E-state index in [1.54, 1.807) is 0 Å². The van der Waals surface area contributed by atoms with Gasteiger partial charge in [-0.05, 0) is 31.5 Å². The average Bonchev–Trinajstić information content (AvgIpc) is 2.68. The zero-order valence-corrected chi connectivity index (χ0v) is 12.9. The van der Waals surface area contributed by atoms with Crippen LogP contribution in [0.2, 0.25) is 0 Å². The lowest BCUT2D eigenvalue weighted by atomic mass is 10.1. The van der Waals surface area contributed by atoms with Gasteiger partial charge in [0, 0.05) is 12.6 Å². The third-order valence-electron chi connectivity index (χ3n) is 3.80. The Morgan fingerprint density at radius 3 is 2.25 bits per heavy atom. The first-order valence-corrected chi connectivity index (χ1v) is 9.19. The van der Waals surface area contributed by atoms with Gasteiger partial charge in [0.2, 0.25) is 10.0 Å². The predicted octanol–water partition coefficient (Wildman–Crippen LogP) is 2.15. The molecule has 1 saturated heterocycles. The van der Waals surface area contributed by atoms with E-state index >= 15 is 0 Å². The number of nitrogens with one attached hydrogen (secondary N) is 1. The van der Waals surface area contributed by atoms with Crippen molar-refractivity contribution in [3.05, 3.63) is 35.9 Å². The first kappa shape index (κ1) is 15.5. The molecule has 112 valence electrons. The van der Waals surface area contributed by atoms with Crippen LogP contribution in [0.1, 0.15) is 37.3 Å². The van der Waals surface area contributed by atoms with Crippen molar-refractivity contribution in [1.82, 2.24) is 9.62 Å². The molecule has 4 nitrogen and oxygen atoms in total. The minimum absolute atomic E-state index is 0.129. The largest absolute Gasteiger partial charge is 0.295 e. The highest BCUT2D eigenvalue weighted by Gasteiger charge is 2.22. The second-order valence-electron chi connectivity index (χ2n) is 5.50. The van der Waals surface area contributed by atoms with Crippen LogP contribution < -0.4 is 4.72 Å². The fourth-order valence-electron chi connectivity index (χ4n) is 2.77. The van der Waals surface area contributed by atoms with Crippen molar-refractivity contribution in [1.29, 1.82) is 0 Å². The smallest absolute Gasteiger partial charge is 0.208 e. The molecule has 0 amide bonds. The first-order chi connectivity index (χ1) is 9.56. The highest BCUT2D eigenvalue weighted by molar-refractivity contribution is 7.88. The summed E-state index contributed by atoms with van der Waals surface area (Å²) in [5, 5.41) is 0. The zero-order chi connectivity index (χ0) is 14.4. The molecule has 1 aromatic carbocycles. The quantitative estimate of drug-likeness (QED) is 0.906. The van der Waals surface area contributed by atoms with E-state index in [4.69, 9.17) is 0 Å². The van der Waals surface area contributed by atoms with Gasteiger partial charge < -0.3 is 0 Å². The summed E-state index contributed by atoms with van der Waals surface area (Å²) in [6.07, 6.45) is 6.16. The second kappa shape index (κ2) is 7.20. The van der Waals surface area contributed by atoms with Crippen LogP contribution in [0.5, 0.6) is 0 Å². The Morgan fingerprint density at radius 1 is 1.10 bits per heavy atom. The van der Waals surface area contributed by atoms with Gasteiger partial charge in [-0.1, -0.05) is 43.2 Å². The van der Waals surface area contributed by atoms with Crippen molar-refractivity contribution in [3.63, 3.8) is 0 Å². The van der Waals surface area contributed by atoms with Crippen molar-refractivity contribution < 1.29 is 8.42 Å². The Labute approximate surface area is 122 Å². The van der Waals surface area contributed by atoms with Gasteiger partial charge in [-0.3, -0.25) is 4.90 Å². The summed E-state index contributed by atoms with van der Waals surface area (Å²) >= 11 is 0. The van der Waals surface area contributed by atoms with E-state index in [2.05, 4.69) is 21.8 Å². The van der Waals surface area contributed by atoms with E-state index in [0.29, 0.717) is 6.54 Å². The van der Waals surface area contributed by atoms with Crippen molar-refractivity contribution in [3.8, 4) is 0 Å². The molecule has 0 radical (unpaired) electrons. The van der Waals surface area contributed by atoms with Crippen LogP contribution in [0, 0.1) is 0 Å². The van der Waals surface area contributed by atoms with Gasteiger partial charge in [-0.25, -0.2) is 13.1 Å². The first-order valence-electron chi connectivity index (χ1n) is 7.30. The number of rotatable bonds is 5. The van der Waals surface area contributed by atoms with Crippen LogP contribution in [0.4, 0.5) is 0 Å². The SMILES string of the molecule is CS(=O)(=O)NCC(c1ccccc1)N1CCCCCC1. The minimum atomic E-state index is -3.15. The van der Waals surface area contributed by atoms with Gasteiger partial charge in [0.05, 0.1) is 6.26 Å². The van der Waals surface area contributed by atoms with E-state index in [0.717, 1.165) is 13.1 Å². The summed E-state index contributed by atoms with van der Waals surface area (Å²) in [5.74, 6) is 0. The van der Waals surface area contributed by atoms with E-state index < -0.39 is 10.0 Å². The molecule has 1 heterocycles. The molecule has 20 heavy (non-hydrogen) atoms. The van der Waals surface area contributed by atoms with Crippen molar-refractivity contribution in [2.24, 2.45) is 0 Å². The topological polar surface area (TPSA) is 49.4 Å². The van der Waals surface area contributed by atoms with Crippen molar-refractivity contribution in [2.45, 2.75) is 31.7 Å². The molecule has 1 atom stereocenters. The number of hydrogen-bond acceptors (Lipinski definition) is 3. The molecule has 1 fully saturated rings. The van der Waals surface area contributed by atoms with Crippen LogP contribution in [0.25, 0.3) is 0 Å². The van der Waals surface area contributed by atoms with E-state index in [9.17, 15) is 8.42 Å². The summed E-state index contributed by atoms with van der Waals surface area (Å²) in [6, 6.07) is 10.3. The van der Waals surface area contributed by atoms with E-state index in [-0.39, 0.29) is 6.04 Å². The highest BCUT2D eigenvalue weighted by atomic mass is 32.2. The Balaban J connectivity index is 2.14. The maximum Gasteiger partial charge on any atom is 0.208 e. The number of sulfonamides is 1. The second-order valence-corrected chi connectivity index (χ2v) is 7.33. The third kappa shape index (κ3) is 4.89. The van der Waals surface area contributed by atoms with Crippen molar-refractivity contribution in [2.75, 3.05) is 25.9 Å². The van der Waals surface area contributed by atoms with Gasteiger partial charge >= 0.3 is 0 Å². The number of benzene rings is 1. The maximum atomic E-state index is 11.4. The van der Waals surface area contributed by atoms with Crippen LogP contribution in [-0.4, -0.2) is 39.2 Å². The molecule has 0 spiro atoms. The molecule has 1 aliphatic heterocycles. The Kier molecular flexibility index (Phi) is 5.57. The fraction of sp³-hybridized carbons (Fsp3) is 0.600. The summed E-state index contributed by atoms with van der Waals surface area (Å²) in [4.78, 5) is 2.42. The summed E-state index contributed by atoms with van der Waals surface area (Å²) in [6.45, 7) is 2.54. The molecule has 0 aliphatic carbocycles. The third-order valence-corrected chi connectivity index (χ3v) is 4.50. The fourth-order valence-corrected chi connectivity index (χ4v) is 3.23. The number of nitrogens with zero attached hydrogens (tertiary/aromatic N) is 1. The molecular formula is C15H24N2O2S. The summed E-state index contributed by atoms with van der Waals surface area (Å²) in [7, 11) is -3.15. The molecule has 1 N–H and O–H groups in total. The molecule has 0 bridgehead atoms. The number of hydrogen-bond donors (Lipinski definition) is 1. The predicted molar refractivity (Wildman–Crippen MR) is 82.1 cm³/mol. The minimum Gasteiger partial charge on any atom is -0.295 e. The molecule has 1 unspecified atom stereocenters. The van der Waals surface area contributed by atoms with Crippen LogP contribution in [0.3, 0.4) is 0 Å². The maximum absolute atomic E-state index is 11.4. The zero-order valence-electron chi connectivity index (χ0n) is 12.1. The average molecular weight is 296 g/mol. The summed E-state index contributed by atoms with van der Waals surface area (Å²) in [5.41, 5.74) is 1.19. The molecule has 2 rings (SSSR count). The van der Waals surface area contributed by atoms with Gasteiger partial charge in [-0.15, -0.1) is 0 Å². The molecule has 1 aromatic rings. The van der Waals surface area contributed by atoms with Gasteiger partial charge in [0.25, 0.3) is 0 Å². The van der Waals surface area contributed by atoms with E-state index in [1.165, 1.54) is 37.5 Å². The van der Waals surface area contributed by atoms with Gasteiger partial charge in [0.1, 0.15) is 0 Å².